The van der Waals surface area contributed by atoms with Crippen molar-refractivity contribution in [3.63, 3.8) is 0 Å². The average Bonchev–Trinajstić information content (AvgIpc) is 2.99. The fourth-order valence-electron chi connectivity index (χ4n) is 2.01. The van der Waals surface area contributed by atoms with E-state index in [1.54, 1.807) is 16.8 Å². The molecule has 0 saturated heterocycles. The molecule has 0 saturated carbocycles. The molecule has 0 aliphatic carbocycles. The summed E-state index contributed by atoms with van der Waals surface area (Å²) in [6, 6.07) is 5.32. The van der Waals surface area contributed by atoms with E-state index in [1.807, 2.05) is 6.07 Å². The molecule has 0 bridgehead atoms. The lowest BCUT2D eigenvalue weighted by atomic mass is 10.2. The lowest BCUT2D eigenvalue weighted by molar-refractivity contribution is -0.136. The van der Waals surface area contributed by atoms with Gasteiger partial charge in [0.2, 0.25) is 0 Å². The molecule has 0 fully saturated rings. The molecule has 0 aliphatic heterocycles. The Balaban J connectivity index is 2.09. The van der Waals surface area contributed by atoms with Crippen molar-refractivity contribution in [2.75, 3.05) is 0 Å². The van der Waals surface area contributed by atoms with E-state index in [-0.39, 0.29) is 6.42 Å². The zero-order chi connectivity index (χ0) is 14.1. The number of carbonyl (C=O) groups is 1. The van der Waals surface area contributed by atoms with Crippen LogP contribution in [0.25, 0.3) is 10.9 Å². The lowest BCUT2D eigenvalue weighted by Gasteiger charge is -1.99. The van der Waals surface area contributed by atoms with Crippen LogP contribution < -0.4 is 0 Å². The summed E-state index contributed by atoms with van der Waals surface area (Å²) in [5.41, 5.74) is 1.33. The van der Waals surface area contributed by atoms with Crippen LogP contribution in [0.2, 0.25) is 5.02 Å². The summed E-state index contributed by atoms with van der Waals surface area (Å²) < 4.78 is 5.67. The molecular formula is C12H9ClN4O2S. The summed E-state index contributed by atoms with van der Waals surface area (Å²) in [7, 11) is 0. The Bertz CT molecular complexity index is 769. The average molecular weight is 309 g/mol. The zero-order valence-electron chi connectivity index (χ0n) is 10.2. The van der Waals surface area contributed by atoms with Crippen LogP contribution in [0.5, 0.6) is 0 Å². The van der Waals surface area contributed by atoms with Gasteiger partial charge in [0, 0.05) is 10.4 Å². The molecule has 20 heavy (non-hydrogen) atoms. The Morgan fingerprint density at radius 2 is 2.30 bits per heavy atom. The van der Waals surface area contributed by atoms with Crippen molar-refractivity contribution < 1.29 is 9.90 Å². The van der Waals surface area contributed by atoms with Gasteiger partial charge in [0.15, 0.2) is 0 Å². The number of hydrogen-bond donors (Lipinski definition) is 1. The molecule has 3 aromatic rings. The molecule has 2 aromatic heterocycles. The van der Waals surface area contributed by atoms with E-state index in [0.29, 0.717) is 17.3 Å². The monoisotopic (exact) mass is 308 g/mol. The number of aromatic nitrogens is 4. The number of benzene rings is 1. The van der Waals surface area contributed by atoms with Crippen LogP contribution in [0.1, 0.15) is 10.7 Å². The minimum absolute atomic E-state index is 0.139. The van der Waals surface area contributed by atoms with E-state index in [4.69, 9.17) is 16.7 Å². The van der Waals surface area contributed by atoms with E-state index in [9.17, 15) is 4.79 Å². The highest BCUT2D eigenvalue weighted by atomic mass is 35.5. The Morgan fingerprint density at radius 3 is 3.00 bits per heavy atom. The van der Waals surface area contributed by atoms with Crippen molar-refractivity contribution in [1.29, 1.82) is 0 Å². The third-order valence-corrected chi connectivity index (χ3v) is 3.68. The van der Waals surface area contributed by atoms with Crippen molar-refractivity contribution in [1.82, 2.24) is 19.1 Å². The van der Waals surface area contributed by atoms with Crippen LogP contribution in [-0.4, -0.2) is 30.2 Å². The van der Waals surface area contributed by atoms with Crippen LogP contribution in [0.4, 0.5) is 0 Å². The van der Waals surface area contributed by atoms with E-state index < -0.39 is 5.97 Å². The van der Waals surface area contributed by atoms with Crippen LogP contribution in [0.3, 0.4) is 0 Å². The van der Waals surface area contributed by atoms with Gasteiger partial charge in [-0.3, -0.25) is 9.48 Å². The first kappa shape index (κ1) is 13.0. The molecule has 102 valence electrons. The predicted molar refractivity (Wildman–Crippen MR) is 75.1 cm³/mol. The summed E-state index contributed by atoms with van der Waals surface area (Å²) in [5.74, 6) is -0.924. The van der Waals surface area contributed by atoms with E-state index in [2.05, 4.69) is 14.5 Å². The highest BCUT2D eigenvalue weighted by Gasteiger charge is 2.14. The first-order valence-electron chi connectivity index (χ1n) is 5.76. The maximum absolute atomic E-state index is 10.9. The van der Waals surface area contributed by atoms with Crippen molar-refractivity contribution >= 4 is 40.0 Å². The maximum atomic E-state index is 10.9. The molecule has 0 radical (unpaired) electrons. The Hall–Kier alpha value is -1.99. The molecule has 0 spiro atoms. The van der Waals surface area contributed by atoms with Crippen LogP contribution >= 0.6 is 23.1 Å². The van der Waals surface area contributed by atoms with Gasteiger partial charge in [-0.2, -0.15) is 9.47 Å². The number of hydrogen-bond acceptors (Lipinski definition) is 5. The van der Waals surface area contributed by atoms with Crippen molar-refractivity contribution in [3.8, 4) is 0 Å². The van der Waals surface area contributed by atoms with E-state index >= 15 is 0 Å². The normalized spacial score (nSPS) is 11.1. The number of fused-ring (bicyclic) bond motifs is 1. The van der Waals surface area contributed by atoms with Gasteiger partial charge < -0.3 is 5.11 Å². The first-order valence-corrected chi connectivity index (χ1v) is 6.91. The van der Waals surface area contributed by atoms with Crippen molar-refractivity contribution in [2.24, 2.45) is 0 Å². The minimum Gasteiger partial charge on any atom is -0.481 e. The van der Waals surface area contributed by atoms with Gasteiger partial charge in [-0.05, 0) is 29.7 Å². The number of halogens is 1. The van der Waals surface area contributed by atoms with Gasteiger partial charge in [0.05, 0.1) is 24.2 Å². The standard InChI is InChI=1S/C12H9ClN4O2S/c13-7-1-2-10-8(3-7)9(4-12(18)19)16-17(10)5-11-14-6-15-20-11/h1-3,6H,4-5H2,(H,18,19). The third-order valence-electron chi connectivity index (χ3n) is 2.80. The first-order chi connectivity index (χ1) is 9.63. The third kappa shape index (κ3) is 2.50. The van der Waals surface area contributed by atoms with E-state index in [1.165, 1.54) is 17.9 Å². The molecule has 0 aliphatic rings. The molecule has 2 heterocycles. The molecule has 3 rings (SSSR count). The summed E-state index contributed by atoms with van der Waals surface area (Å²) in [5, 5.41) is 15.4. The summed E-state index contributed by atoms with van der Waals surface area (Å²) in [4.78, 5) is 15.0. The fraction of sp³-hybridized carbons (Fsp3) is 0.167. The molecule has 0 amide bonds. The Labute approximate surface area is 122 Å². The van der Waals surface area contributed by atoms with Crippen LogP contribution in [-0.2, 0) is 17.8 Å². The maximum Gasteiger partial charge on any atom is 0.309 e. The van der Waals surface area contributed by atoms with Crippen LogP contribution in [0, 0.1) is 0 Å². The molecule has 1 N–H and O–H groups in total. The van der Waals surface area contributed by atoms with Gasteiger partial charge in [0.1, 0.15) is 11.3 Å². The molecular weight excluding hydrogens is 300 g/mol. The Kier molecular flexibility index (Phi) is 3.37. The largest absolute Gasteiger partial charge is 0.481 e. The topological polar surface area (TPSA) is 80.9 Å². The second kappa shape index (κ2) is 5.18. The van der Waals surface area contributed by atoms with Gasteiger partial charge in [0.25, 0.3) is 0 Å². The van der Waals surface area contributed by atoms with Crippen molar-refractivity contribution in [3.05, 3.63) is 40.3 Å². The van der Waals surface area contributed by atoms with Crippen molar-refractivity contribution in [2.45, 2.75) is 13.0 Å². The smallest absolute Gasteiger partial charge is 0.309 e. The highest BCUT2D eigenvalue weighted by Crippen LogP contribution is 2.24. The minimum atomic E-state index is -0.924. The Morgan fingerprint density at radius 1 is 1.45 bits per heavy atom. The SMILES string of the molecule is O=C(O)Cc1nn(Cc2ncns2)c2ccc(Cl)cc12. The summed E-state index contributed by atoms with van der Waals surface area (Å²) in [6.07, 6.45) is 1.35. The van der Waals surface area contributed by atoms with Gasteiger partial charge in [-0.25, -0.2) is 4.98 Å². The van der Waals surface area contributed by atoms with E-state index in [0.717, 1.165) is 15.9 Å². The molecule has 0 unspecified atom stereocenters. The quantitative estimate of drug-likeness (QED) is 0.799. The van der Waals surface area contributed by atoms with Gasteiger partial charge in [-0.1, -0.05) is 11.6 Å². The number of carboxylic acid groups (broad SMARTS) is 1. The zero-order valence-corrected chi connectivity index (χ0v) is 11.7. The second-order valence-corrected chi connectivity index (χ2v) is 5.47. The number of carboxylic acids is 1. The number of aliphatic carboxylic acids is 1. The summed E-state index contributed by atoms with van der Waals surface area (Å²) >= 11 is 7.26. The van der Waals surface area contributed by atoms with Crippen LogP contribution in [0.15, 0.2) is 24.5 Å². The van der Waals surface area contributed by atoms with Gasteiger partial charge in [-0.15, -0.1) is 0 Å². The summed E-state index contributed by atoms with van der Waals surface area (Å²) in [6.45, 7) is 0.461. The predicted octanol–water partition coefficient (Wildman–Crippen LogP) is 2.22. The number of rotatable bonds is 4. The molecule has 8 heteroatoms. The second-order valence-electron chi connectivity index (χ2n) is 4.17. The fourth-order valence-corrected chi connectivity index (χ4v) is 2.67. The molecule has 0 atom stereocenters. The molecule has 1 aromatic carbocycles. The highest BCUT2D eigenvalue weighted by molar-refractivity contribution is 7.05. The van der Waals surface area contributed by atoms with Gasteiger partial charge >= 0.3 is 5.97 Å². The lowest BCUT2D eigenvalue weighted by Crippen LogP contribution is -2.04. The molecule has 6 nitrogen and oxygen atoms in total. The number of nitrogens with zero attached hydrogens (tertiary/aromatic N) is 4.